The molecule has 1 aromatic rings. The first-order valence-corrected chi connectivity index (χ1v) is 8.24. The highest BCUT2D eigenvalue weighted by molar-refractivity contribution is 6.12. The smallest absolute Gasteiger partial charge is 0.254 e. The van der Waals surface area contributed by atoms with Gasteiger partial charge in [0, 0.05) is 31.7 Å². The molecule has 0 atom stereocenters. The lowest BCUT2D eigenvalue weighted by Gasteiger charge is -2.26. The number of rotatable bonds is 7. The number of piperidine rings is 1. The van der Waals surface area contributed by atoms with Crippen molar-refractivity contribution in [3.05, 3.63) is 47.9 Å². The molecule has 6 nitrogen and oxygen atoms in total. The summed E-state index contributed by atoms with van der Waals surface area (Å²) in [5.41, 5.74) is 7.08. The van der Waals surface area contributed by atoms with Crippen LogP contribution >= 0.6 is 0 Å². The highest BCUT2D eigenvalue weighted by atomic mass is 16.2. The van der Waals surface area contributed by atoms with Crippen molar-refractivity contribution < 1.29 is 9.59 Å². The predicted molar refractivity (Wildman–Crippen MR) is 93.8 cm³/mol. The Hall–Kier alpha value is -2.47. The van der Waals surface area contributed by atoms with Crippen molar-refractivity contribution in [1.82, 2.24) is 15.2 Å². The quantitative estimate of drug-likeness (QED) is 0.257. The fourth-order valence-electron chi connectivity index (χ4n) is 2.71. The van der Waals surface area contributed by atoms with Crippen molar-refractivity contribution in [2.24, 2.45) is 5.73 Å². The third-order valence-corrected chi connectivity index (χ3v) is 4.06. The largest absolute Gasteiger partial charge is 0.404 e. The van der Waals surface area contributed by atoms with E-state index in [2.05, 4.69) is 15.2 Å². The van der Waals surface area contributed by atoms with Gasteiger partial charge in [0.25, 0.3) is 5.91 Å². The van der Waals surface area contributed by atoms with Crippen molar-refractivity contribution in [1.29, 1.82) is 0 Å². The minimum atomic E-state index is -0.379. The van der Waals surface area contributed by atoms with Gasteiger partial charge in [-0.1, -0.05) is 6.42 Å². The van der Waals surface area contributed by atoms with E-state index in [9.17, 15) is 9.59 Å². The SMILES string of the molecule is N/C=C(\C=C(/C=O)C(=O)NCCN1CCCCC1)c1ccncc1. The van der Waals surface area contributed by atoms with E-state index in [1.54, 1.807) is 24.5 Å². The molecule has 1 aliphatic rings. The van der Waals surface area contributed by atoms with Crippen LogP contribution in [0.15, 0.2) is 42.4 Å². The van der Waals surface area contributed by atoms with E-state index in [-0.39, 0.29) is 11.5 Å². The van der Waals surface area contributed by atoms with E-state index >= 15 is 0 Å². The molecule has 0 spiro atoms. The van der Waals surface area contributed by atoms with Gasteiger partial charge >= 0.3 is 0 Å². The standard InChI is InChI=1S/C18H24N4O2/c19-13-16(15-4-6-20-7-5-15)12-17(14-23)18(24)21-8-11-22-9-2-1-3-10-22/h4-7,12-14H,1-3,8-11,19H2,(H,21,24)/b16-13+,17-12+. The topological polar surface area (TPSA) is 88.3 Å². The van der Waals surface area contributed by atoms with Crippen molar-refractivity contribution in [3.63, 3.8) is 0 Å². The van der Waals surface area contributed by atoms with Crippen molar-refractivity contribution in [2.75, 3.05) is 26.2 Å². The lowest BCUT2D eigenvalue weighted by Crippen LogP contribution is -2.38. The van der Waals surface area contributed by atoms with E-state index in [4.69, 9.17) is 5.73 Å². The molecule has 0 aromatic carbocycles. The van der Waals surface area contributed by atoms with Crippen LogP contribution in [0, 0.1) is 0 Å². The minimum Gasteiger partial charge on any atom is -0.404 e. The number of carbonyl (C=O) groups is 2. The molecule has 1 aromatic heterocycles. The number of nitrogens with one attached hydrogen (secondary N) is 1. The summed E-state index contributed by atoms with van der Waals surface area (Å²) in [6, 6.07) is 3.54. The Bertz CT molecular complexity index is 605. The van der Waals surface area contributed by atoms with Crippen LogP contribution in [0.1, 0.15) is 24.8 Å². The molecule has 2 rings (SSSR count). The number of pyridine rings is 1. The second-order valence-electron chi connectivity index (χ2n) is 5.73. The second-order valence-corrected chi connectivity index (χ2v) is 5.73. The zero-order valence-corrected chi connectivity index (χ0v) is 13.8. The number of hydrogen-bond donors (Lipinski definition) is 2. The number of nitrogens with zero attached hydrogens (tertiary/aromatic N) is 2. The molecule has 128 valence electrons. The van der Waals surface area contributed by atoms with Gasteiger partial charge in [0.1, 0.15) is 0 Å². The average molecular weight is 328 g/mol. The summed E-state index contributed by atoms with van der Waals surface area (Å²) in [6.45, 7) is 3.49. The molecule has 1 saturated heterocycles. The van der Waals surface area contributed by atoms with Crippen LogP contribution in [0.5, 0.6) is 0 Å². The van der Waals surface area contributed by atoms with Crippen LogP contribution in [0.2, 0.25) is 0 Å². The zero-order chi connectivity index (χ0) is 17.2. The van der Waals surface area contributed by atoms with Gasteiger partial charge in [-0.05, 0) is 55.3 Å². The molecule has 1 amide bonds. The molecule has 0 bridgehead atoms. The Labute approximate surface area is 142 Å². The van der Waals surface area contributed by atoms with Crippen LogP contribution in [-0.2, 0) is 9.59 Å². The molecular formula is C18H24N4O2. The predicted octanol–water partition coefficient (Wildman–Crippen LogP) is 1.11. The lowest BCUT2D eigenvalue weighted by molar-refractivity contribution is -0.119. The van der Waals surface area contributed by atoms with Crippen LogP contribution in [0.3, 0.4) is 0 Å². The fourth-order valence-corrected chi connectivity index (χ4v) is 2.71. The molecule has 0 aliphatic carbocycles. The normalized spacial score (nSPS) is 16.7. The first kappa shape index (κ1) is 17.9. The molecule has 3 N–H and O–H groups in total. The maximum atomic E-state index is 12.2. The van der Waals surface area contributed by atoms with Gasteiger partial charge in [0.05, 0.1) is 5.57 Å². The molecule has 1 aliphatic heterocycles. The van der Waals surface area contributed by atoms with E-state index in [1.165, 1.54) is 31.5 Å². The van der Waals surface area contributed by atoms with Crippen molar-refractivity contribution in [2.45, 2.75) is 19.3 Å². The monoisotopic (exact) mass is 328 g/mol. The number of aromatic nitrogens is 1. The first-order chi connectivity index (χ1) is 11.7. The second kappa shape index (κ2) is 9.62. The first-order valence-electron chi connectivity index (χ1n) is 8.24. The van der Waals surface area contributed by atoms with Gasteiger partial charge in [0.2, 0.25) is 0 Å². The van der Waals surface area contributed by atoms with Crippen molar-refractivity contribution >= 4 is 17.8 Å². The minimum absolute atomic E-state index is 0.0576. The number of aldehydes is 1. The molecule has 0 unspecified atom stereocenters. The summed E-state index contributed by atoms with van der Waals surface area (Å²) in [5.74, 6) is -0.379. The lowest BCUT2D eigenvalue weighted by atomic mass is 10.1. The van der Waals surface area contributed by atoms with Gasteiger partial charge in [-0.25, -0.2) is 0 Å². The van der Waals surface area contributed by atoms with E-state index < -0.39 is 0 Å². The van der Waals surface area contributed by atoms with Crippen LogP contribution < -0.4 is 11.1 Å². The summed E-state index contributed by atoms with van der Waals surface area (Å²) in [5, 5.41) is 2.80. The van der Waals surface area contributed by atoms with Gasteiger partial charge in [-0.2, -0.15) is 0 Å². The molecule has 6 heteroatoms. The highest BCUT2D eigenvalue weighted by Crippen LogP contribution is 2.15. The number of amides is 1. The van der Waals surface area contributed by atoms with Gasteiger partial charge in [-0.15, -0.1) is 0 Å². The van der Waals surface area contributed by atoms with Crippen LogP contribution in [0.25, 0.3) is 5.57 Å². The van der Waals surface area contributed by atoms with E-state index in [0.717, 1.165) is 25.2 Å². The maximum absolute atomic E-state index is 12.2. The van der Waals surface area contributed by atoms with Gasteiger partial charge < -0.3 is 16.0 Å². The third-order valence-electron chi connectivity index (χ3n) is 4.06. The number of allylic oxidation sites excluding steroid dienone is 2. The molecule has 24 heavy (non-hydrogen) atoms. The molecule has 0 radical (unpaired) electrons. The summed E-state index contributed by atoms with van der Waals surface area (Å²) in [6.07, 6.45) is 10.4. The summed E-state index contributed by atoms with van der Waals surface area (Å²) in [7, 11) is 0. The summed E-state index contributed by atoms with van der Waals surface area (Å²) in [4.78, 5) is 29.7. The number of nitrogens with two attached hydrogens (primary N) is 1. The maximum Gasteiger partial charge on any atom is 0.254 e. The Morgan fingerprint density at radius 2 is 1.96 bits per heavy atom. The summed E-state index contributed by atoms with van der Waals surface area (Å²) >= 11 is 0. The average Bonchev–Trinajstić information content (AvgIpc) is 2.64. The summed E-state index contributed by atoms with van der Waals surface area (Å²) < 4.78 is 0. The Balaban J connectivity index is 1.93. The van der Waals surface area contributed by atoms with Gasteiger partial charge in [-0.3, -0.25) is 14.6 Å². The van der Waals surface area contributed by atoms with Crippen LogP contribution in [0.4, 0.5) is 0 Å². The number of carbonyl (C=O) groups excluding carboxylic acids is 2. The molecule has 0 saturated carbocycles. The van der Waals surface area contributed by atoms with E-state index in [0.29, 0.717) is 18.4 Å². The Morgan fingerprint density at radius 1 is 1.25 bits per heavy atom. The number of likely N-dealkylation sites (tertiary alicyclic amines) is 1. The highest BCUT2D eigenvalue weighted by Gasteiger charge is 2.12. The third kappa shape index (κ3) is 5.31. The Morgan fingerprint density at radius 3 is 2.58 bits per heavy atom. The fraction of sp³-hybridized carbons (Fsp3) is 0.389. The zero-order valence-electron chi connectivity index (χ0n) is 13.8. The van der Waals surface area contributed by atoms with Gasteiger partial charge in [0.15, 0.2) is 6.29 Å². The number of hydrogen-bond acceptors (Lipinski definition) is 5. The molecular weight excluding hydrogens is 304 g/mol. The van der Waals surface area contributed by atoms with Crippen LogP contribution in [-0.4, -0.2) is 48.3 Å². The molecule has 2 heterocycles. The van der Waals surface area contributed by atoms with Crippen molar-refractivity contribution in [3.8, 4) is 0 Å². The molecule has 1 fully saturated rings. The Kier molecular flexibility index (Phi) is 7.17. The van der Waals surface area contributed by atoms with E-state index in [1.807, 2.05) is 0 Å².